The summed E-state index contributed by atoms with van der Waals surface area (Å²) in [5.41, 5.74) is 0.321. The maximum absolute atomic E-state index is 12.9. The van der Waals surface area contributed by atoms with Crippen molar-refractivity contribution in [3.8, 4) is 0 Å². The molecular formula is C17H32O. The zero-order valence-electron chi connectivity index (χ0n) is 13.5. The average molecular weight is 252 g/mol. The van der Waals surface area contributed by atoms with Crippen LogP contribution in [-0.4, -0.2) is 5.78 Å². The van der Waals surface area contributed by atoms with E-state index in [9.17, 15) is 4.79 Å². The molecule has 0 saturated heterocycles. The maximum Gasteiger partial charge on any atom is 0.140 e. The van der Waals surface area contributed by atoms with E-state index in [4.69, 9.17) is 0 Å². The molecule has 2 atom stereocenters. The molecule has 0 aromatic heterocycles. The van der Waals surface area contributed by atoms with Crippen LogP contribution in [0.15, 0.2) is 0 Å². The van der Waals surface area contributed by atoms with Crippen LogP contribution in [0.2, 0.25) is 0 Å². The van der Waals surface area contributed by atoms with Gasteiger partial charge in [-0.2, -0.15) is 0 Å². The predicted octanol–water partition coefficient (Wildman–Crippen LogP) is 5.09. The topological polar surface area (TPSA) is 17.1 Å². The molecule has 1 nitrogen and oxygen atoms in total. The van der Waals surface area contributed by atoms with Crippen LogP contribution in [-0.2, 0) is 4.79 Å². The number of hydrogen-bond acceptors (Lipinski definition) is 1. The van der Waals surface area contributed by atoms with Gasteiger partial charge in [-0.1, -0.05) is 61.3 Å². The van der Waals surface area contributed by atoms with E-state index in [0.717, 1.165) is 25.7 Å². The van der Waals surface area contributed by atoms with Crippen molar-refractivity contribution in [2.75, 3.05) is 0 Å². The summed E-state index contributed by atoms with van der Waals surface area (Å²) in [4.78, 5) is 12.9. The first-order valence-electron chi connectivity index (χ1n) is 7.69. The molecule has 0 radical (unpaired) electrons. The Balaban J connectivity index is 3.01. The zero-order chi connectivity index (χ0) is 14.1. The number of rotatable bonds is 4. The molecule has 0 heterocycles. The minimum Gasteiger partial charge on any atom is -0.299 e. The van der Waals surface area contributed by atoms with Crippen LogP contribution >= 0.6 is 0 Å². The highest BCUT2D eigenvalue weighted by molar-refractivity contribution is 5.85. The molecule has 0 aromatic rings. The van der Waals surface area contributed by atoms with Gasteiger partial charge in [0.05, 0.1) is 0 Å². The van der Waals surface area contributed by atoms with Crippen molar-refractivity contribution in [3.63, 3.8) is 0 Å². The average Bonchev–Trinajstić information content (AvgIpc) is 2.31. The molecule has 0 spiro atoms. The Bertz CT molecular complexity index is 273. The molecular weight excluding hydrogens is 220 g/mol. The van der Waals surface area contributed by atoms with E-state index in [0.29, 0.717) is 11.7 Å². The van der Waals surface area contributed by atoms with Crippen molar-refractivity contribution in [3.05, 3.63) is 0 Å². The van der Waals surface area contributed by atoms with Crippen molar-refractivity contribution < 1.29 is 4.79 Å². The Hall–Kier alpha value is -0.330. The lowest BCUT2D eigenvalue weighted by Crippen LogP contribution is -2.45. The Morgan fingerprint density at radius 1 is 0.944 bits per heavy atom. The third kappa shape index (κ3) is 2.97. The quantitative estimate of drug-likeness (QED) is 0.681. The van der Waals surface area contributed by atoms with Crippen LogP contribution in [0.25, 0.3) is 0 Å². The number of Topliss-reactive ketones (excluding diaryl/α,β-unsaturated/α-hetero) is 1. The fraction of sp³-hybridized carbons (Fsp3) is 0.941. The molecule has 2 unspecified atom stereocenters. The summed E-state index contributed by atoms with van der Waals surface area (Å²) in [6, 6.07) is 0. The summed E-state index contributed by atoms with van der Waals surface area (Å²) in [5, 5.41) is 0. The Labute approximate surface area is 114 Å². The third-order valence-electron chi connectivity index (χ3n) is 5.67. The molecule has 0 bridgehead atoms. The van der Waals surface area contributed by atoms with Gasteiger partial charge >= 0.3 is 0 Å². The normalized spacial score (nSPS) is 30.6. The Morgan fingerprint density at radius 3 is 1.56 bits per heavy atom. The van der Waals surface area contributed by atoms with Gasteiger partial charge in [0.15, 0.2) is 0 Å². The SMILES string of the molecule is CCC(C)(C)C1CC(C)CC(C(C)(C)CC)C1=O. The van der Waals surface area contributed by atoms with Gasteiger partial charge in [0, 0.05) is 11.8 Å². The number of ketones is 1. The molecule has 1 rings (SSSR count). The summed E-state index contributed by atoms with van der Waals surface area (Å²) in [6.45, 7) is 15.8. The Morgan fingerprint density at radius 2 is 1.28 bits per heavy atom. The summed E-state index contributed by atoms with van der Waals surface area (Å²) >= 11 is 0. The molecule has 106 valence electrons. The molecule has 1 saturated carbocycles. The van der Waals surface area contributed by atoms with Gasteiger partial charge in [-0.25, -0.2) is 0 Å². The Kier molecular flexibility index (Phi) is 4.67. The smallest absolute Gasteiger partial charge is 0.140 e. The number of carbonyl (C=O) groups is 1. The molecule has 18 heavy (non-hydrogen) atoms. The molecule has 0 aromatic carbocycles. The van der Waals surface area contributed by atoms with Gasteiger partial charge in [-0.15, -0.1) is 0 Å². The minimum absolute atomic E-state index is 0.161. The number of carbonyl (C=O) groups excluding carboxylic acids is 1. The van der Waals surface area contributed by atoms with Gasteiger partial charge in [-0.05, 0) is 29.6 Å². The molecule has 1 aliphatic rings. The van der Waals surface area contributed by atoms with Gasteiger partial charge < -0.3 is 0 Å². The number of hydrogen-bond donors (Lipinski definition) is 0. The van der Waals surface area contributed by atoms with E-state index in [2.05, 4.69) is 48.5 Å². The lowest BCUT2D eigenvalue weighted by Gasteiger charge is -2.45. The fourth-order valence-corrected chi connectivity index (χ4v) is 3.28. The first-order chi connectivity index (χ1) is 8.15. The molecule has 1 aliphatic carbocycles. The van der Waals surface area contributed by atoms with E-state index in [1.165, 1.54) is 0 Å². The summed E-state index contributed by atoms with van der Waals surface area (Å²) in [6.07, 6.45) is 4.37. The van der Waals surface area contributed by atoms with Crippen molar-refractivity contribution in [2.24, 2.45) is 28.6 Å². The van der Waals surface area contributed by atoms with Crippen LogP contribution in [0.1, 0.15) is 74.1 Å². The molecule has 0 aliphatic heterocycles. The van der Waals surface area contributed by atoms with Crippen LogP contribution in [0.4, 0.5) is 0 Å². The minimum atomic E-state index is 0.161. The fourth-order valence-electron chi connectivity index (χ4n) is 3.28. The van der Waals surface area contributed by atoms with Crippen LogP contribution in [0.3, 0.4) is 0 Å². The van der Waals surface area contributed by atoms with Crippen LogP contribution < -0.4 is 0 Å². The summed E-state index contributed by atoms with van der Waals surface area (Å²) in [7, 11) is 0. The molecule has 0 N–H and O–H groups in total. The summed E-state index contributed by atoms with van der Waals surface area (Å²) < 4.78 is 0. The van der Waals surface area contributed by atoms with E-state index >= 15 is 0 Å². The predicted molar refractivity (Wildman–Crippen MR) is 78.5 cm³/mol. The first kappa shape index (κ1) is 15.7. The molecule has 1 heteroatoms. The van der Waals surface area contributed by atoms with Crippen molar-refractivity contribution in [1.29, 1.82) is 0 Å². The van der Waals surface area contributed by atoms with Crippen molar-refractivity contribution in [2.45, 2.75) is 74.1 Å². The molecule has 0 amide bonds. The van der Waals surface area contributed by atoms with Crippen LogP contribution in [0, 0.1) is 28.6 Å². The second-order valence-corrected chi connectivity index (χ2v) is 7.77. The van der Waals surface area contributed by atoms with E-state index in [1.54, 1.807) is 0 Å². The van der Waals surface area contributed by atoms with E-state index in [-0.39, 0.29) is 22.7 Å². The highest BCUT2D eigenvalue weighted by atomic mass is 16.1. The summed E-state index contributed by atoms with van der Waals surface area (Å²) in [5.74, 6) is 1.77. The largest absolute Gasteiger partial charge is 0.299 e. The third-order valence-corrected chi connectivity index (χ3v) is 5.67. The van der Waals surface area contributed by atoms with Crippen molar-refractivity contribution >= 4 is 5.78 Å². The van der Waals surface area contributed by atoms with Gasteiger partial charge in [-0.3, -0.25) is 4.79 Å². The van der Waals surface area contributed by atoms with E-state index in [1.807, 2.05) is 0 Å². The maximum atomic E-state index is 12.9. The molecule has 1 fully saturated rings. The zero-order valence-corrected chi connectivity index (χ0v) is 13.5. The van der Waals surface area contributed by atoms with Gasteiger partial charge in [0.25, 0.3) is 0 Å². The lowest BCUT2D eigenvalue weighted by molar-refractivity contribution is -0.140. The van der Waals surface area contributed by atoms with Crippen LogP contribution in [0.5, 0.6) is 0 Å². The monoisotopic (exact) mass is 252 g/mol. The highest BCUT2D eigenvalue weighted by Crippen LogP contribution is 2.48. The second-order valence-electron chi connectivity index (χ2n) is 7.77. The van der Waals surface area contributed by atoms with E-state index < -0.39 is 0 Å². The second kappa shape index (κ2) is 5.35. The van der Waals surface area contributed by atoms with Gasteiger partial charge in [0.2, 0.25) is 0 Å². The lowest BCUT2D eigenvalue weighted by atomic mass is 9.58. The highest BCUT2D eigenvalue weighted by Gasteiger charge is 2.46. The standard InChI is InChI=1S/C17H32O/c1-8-16(4,5)13-10-12(3)11-14(15(13)18)17(6,7)9-2/h12-14H,8-11H2,1-7H3. The van der Waals surface area contributed by atoms with Crippen molar-refractivity contribution in [1.82, 2.24) is 0 Å². The van der Waals surface area contributed by atoms with Gasteiger partial charge in [0.1, 0.15) is 5.78 Å². The first-order valence-corrected chi connectivity index (χ1v) is 7.69.